The lowest BCUT2D eigenvalue weighted by atomic mass is 9.97. The van der Waals surface area contributed by atoms with E-state index >= 15 is 0 Å². The summed E-state index contributed by atoms with van der Waals surface area (Å²) < 4.78 is 13.1. The minimum Gasteiger partial charge on any atom is -0.320 e. The van der Waals surface area contributed by atoms with E-state index in [0.717, 1.165) is 17.5 Å². The predicted molar refractivity (Wildman–Crippen MR) is 63.8 cm³/mol. The van der Waals surface area contributed by atoms with E-state index in [1.807, 2.05) is 13.0 Å². The lowest BCUT2D eigenvalue weighted by molar-refractivity contribution is 0.616. The number of hydrogen-bond donors (Lipinski definition) is 1. The van der Waals surface area contributed by atoms with Gasteiger partial charge in [-0.15, -0.1) is 0 Å². The third kappa shape index (κ3) is 2.47. The number of aryl methyl sites for hydroxylation is 1. The third-order valence-corrected chi connectivity index (χ3v) is 2.74. The van der Waals surface area contributed by atoms with Crippen LogP contribution in [0.25, 0.3) is 0 Å². The van der Waals surface area contributed by atoms with Gasteiger partial charge in [-0.25, -0.2) is 4.39 Å². The zero-order chi connectivity index (χ0) is 12.3. The molecule has 1 unspecified atom stereocenters. The molecule has 0 aliphatic rings. The number of aromatic nitrogens is 2. The molecule has 0 fully saturated rings. The van der Waals surface area contributed by atoms with Gasteiger partial charge in [0.05, 0.1) is 12.2 Å². The number of rotatable bonds is 3. The SMILES string of the molecule is CCc1cnccc1C(N)c1cncc(F)c1. The predicted octanol–water partition coefficient (Wildman–Crippen LogP) is 2.23. The summed E-state index contributed by atoms with van der Waals surface area (Å²) in [5.41, 5.74) is 8.84. The molecule has 0 spiro atoms. The maximum atomic E-state index is 13.1. The number of nitrogens with zero attached hydrogens (tertiary/aromatic N) is 2. The van der Waals surface area contributed by atoms with Crippen LogP contribution in [0.3, 0.4) is 0 Å². The zero-order valence-electron chi connectivity index (χ0n) is 9.60. The Bertz CT molecular complexity index is 514. The van der Waals surface area contributed by atoms with Crippen molar-refractivity contribution in [1.82, 2.24) is 9.97 Å². The summed E-state index contributed by atoms with van der Waals surface area (Å²) in [5, 5.41) is 0. The van der Waals surface area contributed by atoms with Crippen LogP contribution in [-0.4, -0.2) is 9.97 Å². The van der Waals surface area contributed by atoms with Crippen molar-refractivity contribution in [3.8, 4) is 0 Å². The standard InChI is InChI=1S/C13H14FN3/c1-2-9-6-16-4-3-12(9)13(15)10-5-11(14)8-17-7-10/h3-8,13H,2,15H2,1H3. The van der Waals surface area contributed by atoms with Crippen molar-refractivity contribution in [2.24, 2.45) is 5.73 Å². The van der Waals surface area contributed by atoms with Crippen LogP contribution in [0.5, 0.6) is 0 Å². The van der Waals surface area contributed by atoms with Crippen molar-refractivity contribution in [2.45, 2.75) is 19.4 Å². The Labute approximate surface area is 99.5 Å². The van der Waals surface area contributed by atoms with Gasteiger partial charge in [0, 0.05) is 18.6 Å². The Morgan fingerprint density at radius 1 is 1.29 bits per heavy atom. The molecule has 0 aromatic carbocycles. The largest absolute Gasteiger partial charge is 0.320 e. The normalized spacial score (nSPS) is 12.4. The Morgan fingerprint density at radius 3 is 2.82 bits per heavy atom. The van der Waals surface area contributed by atoms with Gasteiger partial charge in [0.2, 0.25) is 0 Å². The van der Waals surface area contributed by atoms with E-state index in [0.29, 0.717) is 5.56 Å². The minimum absolute atomic E-state index is 0.365. The molecule has 0 amide bonds. The molecule has 1 atom stereocenters. The van der Waals surface area contributed by atoms with Crippen LogP contribution in [0.1, 0.15) is 29.7 Å². The topological polar surface area (TPSA) is 51.8 Å². The van der Waals surface area contributed by atoms with Gasteiger partial charge >= 0.3 is 0 Å². The summed E-state index contributed by atoms with van der Waals surface area (Å²) in [6.45, 7) is 2.04. The quantitative estimate of drug-likeness (QED) is 0.881. The molecule has 4 heteroatoms. The lowest BCUT2D eigenvalue weighted by Crippen LogP contribution is -2.14. The third-order valence-electron chi connectivity index (χ3n) is 2.74. The molecule has 2 aromatic heterocycles. The van der Waals surface area contributed by atoms with Crippen molar-refractivity contribution < 1.29 is 4.39 Å². The Hall–Kier alpha value is -1.81. The molecule has 2 heterocycles. The van der Waals surface area contributed by atoms with E-state index < -0.39 is 0 Å². The first-order chi connectivity index (χ1) is 8.22. The maximum absolute atomic E-state index is 13.1. The molecule has 0 aliphatic heterocycles. The first kappa shape index (κ1) is 11.7. The van der Waals surface area contributed by atoms with Gasteiger partial charge in [0.25, 0.3) is 0 Å². The highest BCUT2D eigenvalue weighted by Gasteiger charge is 2.13. The van der Waals surface area contributed by atoms with Crippen LogP contribution in [-0.2, 0) is 6.42 Å². The van der Waals surface area contributed by atoms with E-state index in [-0.39, 0.29) is 11.9 Å². The maximum Gasteiger partial charge on any atom is 0.141 e. The fourth-order valence-electron chi connectivity index (χ4n) is 1.81. The molecule has 2 aromatic rings. The molecule has 0 bridgehead atoms. The van der Waals surface area contributed by atoms with Gasteiger partial charge in [-0.1, -0.05) is 6.92 Å². The summed E-state index contributed by atoms with van der Waals surface area (Å²) in [7, 11) is 0. The number of pyridine rings is 2. The average Bonchev–Trinajstić information content (AvgIpc) is 2.38. The highest BCUT2D eigenvalue weighted by Crippen LogP contribution is 2.22. The smallest absolute Gasteiger partial charge is 0.141 e. The number of halogens is 1. The van der Waals surface area contributed by atoms with Crippen molar-refractivity contribution in [2.75, 3.05) is 0 Å². The first-order valence-electron chi connectivity index (χ1n) is 5.51. The van der Waals surface area contributed by atoms with Crippen molar-refractivity contribution in [3.63, 3.8) is 0 Å². The molecule has 2 N–H and O–H groups in total. The summed E-state index contributed by atoms with van der Waals surface area (Å²) in [6, 6.07) is 2.92. The molecule has 17 heavy (non-hydrogen) atoms. The molecule has 0 saturated heterocycles. The van der Waals surface area contributed by atoms with Crippen molar-refractivity contribution >= 4 is 0 Å². The van der Waals surface area contributed by atoms with Gasteiger partial charge < -0.3 is 5.73 Å². The van der Waals surface area contributed by atoms with Crippen LogP contribution >= 0.6 is 0 Å². The number of nitrogens with two attached hydrogens (primary N) is 1. The minimum atomic E-state index is -0.370. The van der Waals surface area contributed by atoms with Crippen molar-refractivity contribution in [3.05, 3.63) is 59.4 Å². The van der Waals surface area contributed by atoms with E-state index in [9.17, 15) is 4.39 Å². The van der Waals surface area contributed by atoms with Crippen LogP contribution in [0.4, 0.5) is 4.39 Å². The molecule has 88 valence electrons. The Morgan fingerprint density at radius 2 is 2.12 bits per heavy atom. The second-order valence-corrected chi connectivity index (χ2v) is 3.84. The Balaban J connectivity index is 2.40. The summed E-state index contributed by atoms with van der Waals surface area (Å²) in [6.07, 6.45) is 7.10. The van der Waals surface area contributed by atoms with Gasteiger partial charge in [-0.2, -0.15) is 0 Å². The molecular weight excluding hydrogens is 217 g/mol. The van der Waals surface area contributed by atoms with E-state index in [1.165, 1.54) is 12.3 Å². The summed E-state index contributed by atoms with van der Waals surface area (Å²) in [4.78, 5) is 7.88. The second-order valence-electron chi connectivity index (χ2n) is 3.84. The van der Waals surface area contributed by atoms with E-state index in [4.69, 9.17) is 5.73 Å². The molecule has 0 aliphatic carbocycles. The van der Waals surface area contributed by atoms with Gasteiger partial charge in [-0.05, 0) is 35.2 Å². The van der Waals surface area contributed by atoms with Gasteiger partial charge in [-0.3, -0.25) is 9.97 Å². The van der Waals surface area contributed by atoms with Crippen LogP contribution in [0.2, 0.25) is 0 Å². The van der Waals surface area contributed by atoms with E-state index in [1.54, 1.807) is 18.6 Å². The summed E-state index contributed by atoms with van der Waals surface area (Å²) >= 11 is 0. The fourth-order valence-corrected chi connectivity index (χ4v) is 1.81. The molecule has 3 nitrogen and oxygen atoms in total. The zero-order valence-corrected chi connectivity index (χ0v) is 9.60. The molecule has 0 radical (unpaired) electrons. The average molecular weight is 231 g/mol. The number of hydrogen-bond acceptors (Lipinski definition) is 3. The first-order valence-corrected chi connectivity index (χ1v) is 5.51. The van der Waals surface area contributed by atoms with Crippen LogP contribution < -0.4 is 5.73 Å². The van der Waals surface area contributed by atoms with Gasteiger partial charge in [0.1, 0.15) is 5.82 Å². The lowest BCUT2D eigenvalue weighted by Gasteiger charge is -2.15. The van der Waals surface area contributed by atoms with Crippen LogP contribution in [0, 0.1) is 5.82 Å². The highest BCUT2D eigenvalue weighted by atomic mass is 19.1. The van der Waals surface area contributed by atoms with Gasteiger partial charge in [0.15, 0.2) is 0 Å². The molecule has 2 rings (SSSR count). The van der Waals surface area contributed by atoms with Crippen molar-refractivity contribution in [1.29, 1.82) is 0 Å². The summed E-state index contributed by atoms with van der Waals surface area (Å²) in [5.74, 6) is -0.370. The second kappa shape index (κ2) is 5.01. The molecular formula is C13H14FN3. The highest BCUT2D eigenvalue weighted by molar-refractivity contribution is 5.34. The van der Waals surface area contributed by atoms with E-state index in [2.05, 4.69) is 9.97 Å². The fraction of sp³-hybridized carbons (Fsp3) is 0.231. The monoisotopic (exact) mass is 231 g/mol. The van der Waals surface area contributed by atoms with Crippen LogP contribution in [0.15, 0.2) is 36.9 Å². The molecule has 0 saturated carbocycles. The Kier molecular flexibility index (Phi) is 3.44.